The molecular weight excluding hydrogens is 254 g/mol. The Hall–Kier alpha value is -2.11. The highest BCUT2D eigenvalue weighted by atomic mass is 16.1. The van der Waals surface area contributed by atoms with Gasteiger partial charge in [0.25, 0.3) is 5.56 Å². The van der Waals surface area contributed by atoms with Gasteiger partial charge >= 0.3 is 0 Å². The third kappa shape index (κ3) is 2.89. The second kappa shape index (κ2) is 5.90. The number of hydrogen-bond donors (Lipinski definition) is 2. The number of anilines is 1. The van der Waals surface area contributed by atoms with Crippen LogP contribution in [-0.2, 0) is 19.4 Å². The standard InChI is InChI=1S/C14H19N5O/c20-13-11-4-1-2-5-12(11)17-14(18-13)16-6-3-8-19-9-7-15-10-19/h7,9-10H,1-6,8H2,(H2,16,17,18,20). The molecule has 3 rings (SSSR count). The number of hydrogen-bond acceptors (Lipinski definition) is 4. The first-order valence-electron chi connectivity index (χ1n) is 7.14. The fourth-order valence-electron chi connectivity index (χ4n) is 2.57. The molecule has 0 amide bonds. The van der Waals surface area contributed by atoms with Gasteiger partial charge in [0.15, 0.2) is 0 Å². The van der Waals surface area contributed by atoms with Crippen molar-refractivity contribution in [3.8, 4) is 0 Å². The lowest BCUT2D eigenvalue weighted by Crippen LogP contribution is -2.23. The third-order valence-corrected chi connectivity index (χ3v) is 3.64. The molecule has 2 N–H and O–H groups in total. The highest BCUT2D eigenvalue weighted by Gasteiger charge is 2.15. The average Bonchev–Trinajstić information content (AvgIpc) is 2.97. The Balaban J connectivity index is 1.57. The van der Waals surface area contributed by atoms with Gasteiger partial charge < -0.3 is 9.88 Å². The van der Waals surface area contributed by atoms with Crippen LogP contribution in [-0.4, -0.2) is 26.1 Å². The molecule has 0 atom stereocenters. The number of aromatic amines is 1. The zero-order valence-electron chi connectivity index (χ0n) is 11.4. The molecule has 2 aromatic rings. The first-order chi connectivity index (χ1) is 9.83. The molecule has 2 heterocycles. The van der Waals surface area contributed by atoms with E-state index in [1.165, 1.54) is 0 Å². The molecule has 106 valence electrons. The van der Waals surface area contributed by atoms with Crippen LogP contribution in [0, 0.1) is 0 Å². The maximum absolute atomic E-state index is 12.0. The Bertz CT molecular complexity index is 617. The number of nitrogens with one attached hydrogen (secondary N) is 2. The topological polar surface area (TPSA) is 75.6 Å². The van der Waals surface area contributed by atoms with Crippen LogP contribution in [0.1, 0.15) is 30.5 Å². The van der Waals surface area contributed by atoms with Gasteiger partial charge in [-0.3, -0.25) is 9.78 Å². The van der Waals surface area contributed by atoms with Crippen LogP contribution in [0.5, 0.6) is 0 Å². The molecule has 0 saturated heterocycles. The number of H-pyrrole nitrogens is 1. The molecule has 6 nitrogen and oxygen atoms in total. The van der Waals surface area contributed by atoms with Crippen molar-refractivity contribution in [3.05, 3.63) is 40.3 Å². The molecule has 20 heavy (non-hydrogen) atoms. The minimum absolute atomic E-state index is 0.0202. The fraction of sp³-hybridized carbons (Fsp3) is 0.500. The van der Waals surface area contributed by atoms with Crippen molar-refractivity contribution in [1.82, 2.24) is 19.5 Å². The molecule has 0 aliphatic heterocycles. The zero-order valence-corrected chi connectivity index (χ0v) is 11.4. The van der Waals surface area contributed by atoms with Crippen molar-refractivity contribution in [2.24, 2.45) is 0 Å². The predicted molar refractivity (Wildman–Crippen MR) is 76.8 cm³/mol. The van der Waals surface area contributed by atoms with E-state index in [1.807, 2.05) is 10.8 Å². The monoisotopic (exact) mass is 273 g/mol. The fourth-order valence-corrected chi connectivity index (χ4v) is 2.57. The van der Waals surface area contributed by atoms with Gasteiger partial charge in [-0.25, -0.2) is 9.97 Å². The Morgan fingerprint density at radius 3 is 3.10 bits per heavy atom. The van der Waals surface area contributed by atoms with Gasteiger partial charge in [0.1, 0.15) is 0 Å². The lowest BCUT2D eigenvalue weighted by atomic mass is 9.97. The minimum atomic E-state index is 0.0202. The van der Waals surface area contributed by atoms with Gasteiger partial charge in [0.2, 0.25) is 5.95 Å². The number of imidazole rings is 1. The van der Waals surface area contributed by atoms with Crippen molar-refractivity contribution in [3.63, 3.8) is 0 Å². The molecule has 2 aromatic heterocycles. The number of rotatable bonds is 5. The highest BCUT2D eigenvalue weighted by Crippen LogP contribution is 2.16. The number of aromatic nitrogens is 4. The summed E-state index contributed by atoms with van der Waals surface area (Å²) in [5.74, 6) is 0.598. The molecule has 0 aromatic carbocycles. The largest absolute Gasteiger partial charge is 0.356 e. The van der Waals surface area contributed by atoms with E-state index in [1.54, 1.807) is 12.5 Å². The second-order valence-corrected chi connectivity index (χ2v) is 5.13. The maximum atomic E-state index is 12.0. The van der Waals surface area contributed by atoms with Crippen LogP contribution in [0.3, 0.4) is 0 Å². The quantitative estimate of drug-likeness (QED) is 0.806. The second-order valence-electron chi connectivity index (χ2n) is 5.13. The first-order valence-corrected chi connectivity index (χ1v) is 7.14. The smallest absolute Gasteiger partial charge is 0.255 e. The summed E-state index contributed by atoms with van der Waals surface area (Å²) in [7, 11) is 0. The molecule has 0 saturated carbocycles. The summed E-state index contributed by atoms with van der Waals surface area (Å²) in [4.78, 5) is 23.3. The Labute approximate surface area is 117 Å². The summed E-state index contributed by atoms with van der Waals surface area (Å²) in [6, 6.07) is 0. The Morgan fingerprint density at radius 1 is 1.35 bits per heavy atom. The summed E-state index contributed by atoms with van der Waals surface area (Å²) in [6.07, 6.45) is 10.5. The molecule has 1 aliphatic carbocycles. The van der Waals surface area contributed by atoms with Crippen LogP contribution in [0.4, 0.5) is 5.95 Å². The van der Waals surface area contributed by atoms with E-state index >= 15 is 0 Å². The molecule has 0 spiro atoms. The third-order valence-electron chi connectivity index (χ3n) is 3.64. The molecular formula is C14H19N5O. The van der Waals surface area contributed by atoms with Gasteiger partial charge in [-0.2, -0.15) is 0 Å². The van der Waals surface area contributed by atoms with E-state index in [2.05, 4.69) is 20.3 Å². The number of aryl methyl sites for hydroxylation is 2. The first kappa shape index (κ1) is 12.9. The lowest BCUT2D eigenvalue weighted by Gasteiger charge is -2.15. The maximum Gasteiger partial charge on any atom is 0.255 e. The van der Waals surface area contributed by atoms with Crippen LogP contribution in [0.15, 0.2) is 23.5 Å². The van der Waals surface area contributed by atoms with Gasteiger partial charge in [-0.05, 0) is 32.1 Å². The molecule has 6 heteroatoms. The summed E-state index contributed by atoms with van der Waals surface area (Å²) in [5.41, 5.74) is 1.86. The van der Waals surface area contributed by atoms with E-state index in [9.17, 15) is 4.79 Å². The molecule has 0 bridgehead atoms. The Kier molecular flexibility index (Phi) is 3.80. The number of fused-ring (bicyclic) bond motifs is 1. The van der Waals surface area contributed by atoms with Crippen LogP contribution >= 0.6 is 0 Å². The van der Waals surface area contributed by atoms with E-state index in [4.69, 9.17) is 0 Å². The van der Waals surface area contributed by atoms with Crippen LogP contribution in [0.25, 0.3) is 0 Å². The molecule has 0 unspecified atom stereocenters. The molecule has 1 aliphatic rings. The summed E-state index contributed by atoms with van der Waals surface area (Å²) < 4.78 is 2.03. The van der Waals surface area contributed by atoms with E-state index in [0.717, 1.165) is 56.5 Å². The van der Waals surface area contributed by atoms with Gasteiger partial charge in [-0.15, -0.1) is 0 Å². The Morgan fingerprint density at radius 2 is 2.25 bits per heavy atom. The normalized spacial score (nSPS) is 14.0. The zero-order chi connectivity index (χ0) is 13.8. The van der Waals surface area contributed by atoms with Crippen LogP contribution < -0.4 is 10.9 Å². The van der Waals surface area contributed by atoms with Crippen molar-refractivity contribution in [2.75, 3.05) is 11.9 Å². The van der Waals surface area contributed by atoms with Gasteiger partial charge in [0, 0.05) is 31.0 Å². The van der Waals surface area contributed by atoms with Crippen molar-refractivity contribution >= 4 is 5.95 Å². The van der Waals surface area contributed by atoms with E-state index in [-0.39, 0.29) is 5.56 Å². The van der Waals surface area contributed by atoms with Crippen LogP contribution in [0.2, 0.25) is 0 Å². The van der Waals surface area contributed by atoms with Crippen molar-refractivity contribution < 1.29 is 0 Å². The highest BCUT2D eigenvalue weighted by molar-refractivity contribution is 5.30. The predicted octanol–water partition coefficient (Wildman–Crippen LogP) is 1.35. The summed E-state index contributed by atoms with van der Waals surface area (Å²) >= 11 is 0. The average molecular weight is 273 g/mol. The van der Waals surface area contributed by atoms with Crippen molar-refractivity contribution in [1.29, 1.82) is 0 Å². The lowest BCUT2D eigenvalue weighted by molar-refractivity contribution is 0.648. The summed E-state index contributed by atoms with van der Waals surface area (Å²) in [6.45, 7) is 1.68. The van der Waals surface area contributed by atoms with Gasteiger partial charge in [-0.1, -0.05) is 0 Å². The van der Waals surface area contributed by atoms with E-state index < -0.39 is 0 Å². The van der Waals surface area contributed by atoms with Gasteiger partial charge in [0.05, 0.1) is 12.0 Å². The molecule has 0 fully saturated rings. The van der Waals surface area contributed by atoms with E-state index in [0.29, 0.717) is 5.95 Å². The minimum Gasteiger partial charge on any atom is -0.356 e. The number of nitrogens with zero attached hydrogens (tertiary/aromatic N) is 3. The molecule has 0 radical (unpaired) electrons. The van der Waals surface area contributed by atoms with Crippen molar-refractivity contribution in [2.45, 2.75) is 38.6 Å². The summed E-state index contributed by atoms with van der Waals surface area (Å²) in [5, 5.41) is 3.20. The SMILES string of the molecule is O=c1[nH]c(NCCCn2ccnc2)nc2c1CCCC2.